The second-order valence-corrected chi connectivity index (χ2v) is 4.53. The van der Waals surface area contributed by atoms with Gasteiger partial charge in [-0.15, -0.1) is 0 Å². The molecule has 1 aromatic carbocycles. The van der Waals surface area contributed by atoms with E-state index in [-0.39, 0.29) is 5.97 Å². The number of fused-ring (bicyclic) bond motifs is 1. The molecule has 3 rings (SSSR count). The van der Waals surface area contributed by atoms with E-state index in [4.69, 9.17) is 9.47 Å². The zero-order valence-corrected chi connectivity index (χ0v) is 8.69. The van der Waals surface area contributed by atoms with E-state index < -0.39 is 17.3 Å². The van der Waals surface area contributed by atoms with Gasteiger partial charge in [0.2, 0.25) is 0 Å². The van der Waals surface area contributed by atoms with Crippen LogP contribution in [0.3, 0.4) is 0 Å². The summed E-state index contributed by atoms with van der Waals surface area (Å²) >= 11 is 0. The quantitative estimate of drug-likeness (QED) is 0.515. The fraction of sp³-hybridized carbons (Fsp3) is 0.417. The van der Waals surface area contributed by atoms with Gasteiger partial charge in [-0.1, -0.05) is 30.3 Å². The Labute approximate surface area is 88.0 Å². The summed E-state index contributed by atoms with van der Waals surface area (Å²) in [5, 5.41) is 0. The molecule has 2 aliphatic rings. The molecular weight excluding hydrogens is 192 g/mol. The number of hydrogen-bond donors (Lipinski definition) is 0. The van der Waals surface area contributed by atoms with Crippen molar-refractivity contribution in [1.29, 1.82) is 0 Å². The van der Waals surface area contributed by atoms with E-state index in [1.165, 1.54) is 0 Å². The smallest absolute Gasteiger partial charge is 0.339 e. The van der Waals surface area contributed by atoms with Crippen molar-refractivity contribution in [2.24, 2.45) is 0 Å². The Balaban J connectivity index is 2.11. The van der Waals surface area contributed by atoms with Crippen LogP contribution in [-0.4, -0.2) is 17.7 Å². The predicted molar refractivity (Wildman–Crippen MR) is 53.2 cm³/mol. The maximum Gasteiger partial charge on any atom is 0.339 e. The Kier molecular flexibility index (Phi) is 1.44. The van der Waals surface area contributed by atoms with Crippen molar-refractivity contribution < 1.29 is 14.3 Å². The minimum Gasteiger partial charge on any atom is -0.454 e. The summed E-state index contributed by atoms with van der Waals surface area (Å²) in [7, 11) is 0. The summed E-state index contributed by atoms with van der Waals surface area (Å²) in [6.07, 6.45) is -0.408. The summed E-state index contributed by atoms with van der Waals surface area (Å²) < 4.78 is 10.9. The topological polar surface area (TPSA) is 38.8 Å². The molecule has 1 aromatic rings. The zero-order valence-electron chi connectivity index (χ0n) is 8.69. The monoisotopic (exact) mass is 204 g/mol. The van der Waals surface area contributed by atoms with Crippen molar-refractivity contribution in [1.82, 2.24) is 0 Å². The minimum absolute atomic E-state index is 0.246. The highest BCUT2D eigenvalue weighted by Crippen LogP contribution is 2.60. The number of hydrogen-bond acceptors (Lipinski definition) is 3. The normalized spacial score (nSPS) is 35.9. The minimum atomic E-state index is -0.573. The number of epoxide rings is 1. The number of ether oxygens (including phenoxy) is 2. The SMILES string of the molecule is CC1(C)OC(=O)C2OC21c1ccccc1. The first-order valence-electron chi connectivity index (χ1n) is 5.04. The molecule has 2 saturated heterocycles. The molecule has 0 N–H and O–H groups in total. The van der Waals surface area contributed by atoms with Gasteiger partial charge in [0.25, 0.3) is 0 Å². The fourth-order valence-electron chi connectivity index (χ4n) is 2.46. The van der Waals surface area contributed by atoms with Crippen molar-refractivity contribution in [2.45, 2.75) is 31.2 Å². The number of carbonyl (C=O) groups excluding carboxylic acids is 1. The van der Waals surface area contributed by atoms with Gasteiger partial charge in [0, 0.05) is 0 Å². The lowest BCUT2D eigenvalue weighted by Crippen LogP contribution is -2.36. The molecule has 0 aromatic heterocycles. The second-order valence-electron chi connectivity index (χ2n) is 4.53. The lowest BCUT2D eigenvalue weighted by atomic mass is 9.83. The van der Waals surface area contributed by atoms with Gasteiger partial charge in [-0.2, -0.15) is 0 Å². The molecule has 2 unspecified atom stereocenters. The fourth-order valence-corrected chi connectivity index (χ4v) is 2.46. The average Bonchev–Trinajstić information content (AvgIpc) is 2.90. The highest BCUT2D eigenvalue weighted by Gasteiger charge is 2.77. The molecule has 2 aliphatic heterocycles. The first-order chi connectivity index (χ1) is 7.08. The molecule has 0 radical (unpaired) electrons. The summed E-state index contributed by atoms with van der Waals surface area (Å²) in [4.78, 5) is 11.5. The third kappa shape index (κ3) is 0.913. The number of rotatable bonds is 1. The van der Waals surface area contributed by atoms with Gasteiger partial charge >= 0.3 is 5.97 Å². The van der Waals surface area contributed by atoms with Gasteiger partial charge in [0.05, 0.1) is 0 Å². The van der Waals surface area contributed by atoms with E-state index in [2.05, 4.69) is 0 Å². The van der Waals surface area contributed by atoms with Crippen LogP contribution in [0.15, 0.2) is 30.3 Å². The van der Waals surface area contributed by atoms with Crippen LogP contribution in [0.1, 0.15) is 19.4 Å². The number of benzene rings is 1. The van der Waals surface area contributed by atoms with Gasteiger partial charge in [-0.3, -0.25) is 0 Å². The van der Waals surface area contributed by atoms with Crippen molar-refractivity contribution in [3.8, 4) is 0 Å². The van der Waals surface area contributed by atoms with Gasteiger partial charge in [0.15, 0.2) is 11.7 Å². The van der Waals surface area contributed by atoms with Crippen molar-refractivity contribution >= 4 is 5.97 Å². The molecule has 2 heterocycles. The summed E-state index contributed by atoms with van der Waals surface area (Å²) in [5.74, 6) is -0.246. The summed E-state index contributed by atoms with van der Waals surface area (Å²) in [6, 6.07) is 9.79. The van der Waals surface area contributed by atoms with Gasteiger partial charge in [-0.05, 0) is 19.4 Å². The van der Waals surface area contributed by atoms with E-state index in [0.29, 0.717) is 0 Å². The van der Waals surface area contributed by atoms with Gasteiger partial charge < -0.3 is 9.47 Å². The number of esters is 1. The molecule has 0 saturated carbocycles. The average molecular weight is 204 g/mol. The van der Waals surface area contributed by atoms with Crippen molar-refractivity contribution in [3.63, 3.8) is 0 Å². The molecular formula is C12H12O3. The van der Waals surface area contributed by atoms with Crippen LogP contribution in [-0.2, 0) is 19.9 Å². The maximum absolute atomic E-state index is 11.5. The standard InChI is InChI=1S/C12H12O3/c1-11(2)12(8-6-4-3-5-7-8)9(14-12)10(13)15-11/h3-7,9H,1-2H3. The first kappa shape index (κ1) is 8.92. The molecule has 15 heavy (non-hydrogen) atoms. The third-order valence-electron chi connectivity index (χ3n) is 3.28. The molecule has 3 heteroatoms. The van der Waals surface area contributed by atoms with E-state index >= 15 is 0 Å². The highest BCUT2D eigenvalue weighted by atomic mass is 16.7. The molecule has 0 spiro atoms. The van der Waals surface area contributed by atoms with Gasteiger partial charge in [0.1, 0.15) is 5.60 Å². The maximum atomic E-state index is 11.5. The second kappa shape index (κ2) is 2.42. The number of cyclic esters (lactones) is 1. The van der Waals surface area contributed by atoms with Crippen LogP contribution in [0.2, 0.25) is 0 Å². The Hall–Kier alpha value is -1.35. The summed E-state index contributed by atoms with van der Waals surface area (Å²) in [6.45, 7) is 3.79. The highest BCUT2D eigenvalue weighted by molar-refractivity contribution is 5.84. The van der Waals surface area contributed by atoms with Crippen LogP contribution in [0.4, 0.5) is 0 Å². The molecule has 2 atom stereocenters. The molecule has 2 fully saturated rings. The van der Waals surface area contributed by atoms with Gasteiger partial charge in [-0.25, -0.2) is 4.79 Å². The van der Waals surface area contributed by atoms with Crippen LogP contribution in [0.25, 0.3) is 0 Å². The van der Waals surface area contributed by atoms with Crippen molar-refractivity contribution in [2.75, 3.05) is 0 Å². The van der Waals surface area contributed by atoms with E-state index in [1.54, 1.807) is 0 Å². The van der Waals surface area contributed by atoms with Crippen LogP contribution < -0.4 is 0 Å². The lowest BCUT2D eigenvalue weighted by Gasteiger charge is -2.27. The zero-order chi connectivity index (χ0) is 10.7. The predicted octanol–water partition coefficient (Wildman–Crippen LogP) is 1.62. The molecule has 78 valence electrons. The lowest BCUT2D eigenvalue weighted by molar-refractivity contribution is -0.160. The van der Waals surface area contributed by atoms with Crippen molar-refractivity contribution in [3.05, 3.63) is 35.9 Å². The largest absolute Gasteiger partial charge is 0.454 e. The summed E-state index contributed by atoms with van der Waals surface area (Å²) in [5.41, 5.74) is -0.104. The molecule has 0 bridgehead atoms. The molecule has 0 aliphatic carbocycles. The van der Waals surface area contributed by atoms with Crippen LogP contribution in [0.5, 0.6) is 0 Å². The van der Waals surface area contributed by atoms with Crippen LogP contribution in [0, 0.1) is 0 Å². The van der Waals surface area contributed by atoms with Crippen LogP contribution >= 0.6 is 0 Å². The third-order valence-corrected chi connectivity index (χ3v) is 3.28. The molecule has 3 nitrogen and oxygen atoms in total. The number of carbonyl (C=O) groups is 1. The Bertz CT molecular complexity index is 424. The Morgan fingerprint density at radius 1 is 1.20 bits per heavy atom. The van der Waals surface area contributed by atoms with E-state index in [9.17, 15) is 4.79 Å². The molecule has 0 amide bonds. The van der Waals surface area contributed by atoms with E-state index in [0.717, 1.165) is 5.56 Å². The van der Waals surface area contributed by atoms with E-state index in [1.807, 2.05) is 44.2 Å². The Morgan fingerprint density at radius 3 is 2.33 bits per heavy atom. The first-order valence-corrected chi connectivity index (χ1v) is 5.04. The Morgan fingerprint density at radius 2 is 1.87 bits per heavy atom.